The molecular formula is C16H13NO4. The number of hydrogen-bond donors (Lipinski definition) is 1. The molecule has 2 aromatic heterocycles. The van der Waals surface area contributed by atoms with Gasteiger partial charge in [0.05, 0.1) is 6.54 Å². The third-order valence-corrected chi connectivity index (χ3v) is 3.30. The highest BCUT2D eigenvalue weighted by molar-refractivity contribution is 5.91. The fourth-order valence-corrected chi connectivity index (χ4v) is 2.23. The number of hydrogen-bond acceptors (Lipinski definition) is 3. The highest BCUT2D eigenvalue weighted by atomic mass is 16.4. The first-order chi connectivity index (χ1) is 10.0. The molecule has 0 saturated carbocycles. The van der Waals surface area contributed by atoms with E-state index in [1.54, 1.807) is 22.9 Å². The quantitative estimate of drug-likeness (QED) is 0.802. The Bertz CT molecular complexity index is 889. The average molecular weight is 283 g/mol. The fraction of sp³-hybridized carbons (Fsp3) is 0.125. The molecule has 0 aliphatic carbocycles. The van der Waals surface area contributed by atoms with Crippen LogP contribution in [0.5, 0.6) is 0 Å². The van der Waals surface area contributed by atoms with E-state index in [2.05, 4.69) is 0 Å². The summed E-state index contributed by atoms with van der Waals surface area (Å²) in [4.78, 5) is 22.8. The number of furan rings is 1. The fourth-order valence-electron chi connectivity index (χ4n) is 2.23. The van der Waals surface area contributed by atoms with E-state index in [-0.39, 0.29) is 11.3 Å². The number of fused-ring (bicyclic) bond motifs is 1. The number of carbonyl (C=O) groups is 1. The standard InChI is InChI=1S/C16H13NO4/c1-10-4-5-17(15(18)6-10)9-11-2-3-13-12(7-11)8-14(21-13)16(19)20/h2-8H,9H2,1H3,(H,19,20). The molecule has 2 heterocycles. The van der Waals surface area contributed by atoms with Crippen molar-refractivity contribution in [1.82, 2.24) is 4.57 Å². The molecule has 0 atom stereocenters. The molecule has 0 unspecified atom stereocenters. The van der Waals surface area contributed by atoms with Crippen molar-refractivity contribution in [2.24, 2.45) is 0 Å². The van der Waals surface area contributed by atoms with Crippen LogP contribution < -0.4 is 5.56 Å². The van der Waals surface area contributed by atoms with E-state index in [0.717, 1.165) is 11.1 Å². The first kappa shape index (κ1) is 13.2. The smallest absolute Gasteiger partial charge is 0.371 e. The van der Waals surface area contributed by atoms with Gasteiger partial charge < -0.3 is 14.1 Å². The molecule has 0 saturated heterocycles. The Morgan fingerprint density at radius 3 is 2.76 bits per heavy atom. The third-order valence-electron chi connectivity index (χ3n) is 3.30. The Hall–Kier alpha value is -2.82. The van der Waals surface area contributed by atoms with Crippen LogP contribution in [0.3, 0.4) is 0 Å². The normalized spacial score (nSPS) is 10.9. The Morgan fingerprint density at radius 1 is 1.24 bits per heavy atom. The number of aryl methyl sites for hydroxylation is 1. The van der Waals surface area contributed by atoms with Gasteiger partial charge in [0.25, 0.3) is 5.56 Å². The van der Waals surface area contributed by atoms with E-state index in [4.69, 9.17) is 9.52 Å². The van der Waals surface area contributed by atoms with Crippen LogP contribution in [-0.2, 0) is 6.54 Å². The van der Waals surface area contributed by atoms with Gasteiger partial charge in [0.15, 0.2) is 0 Å². The second-order valence-corrected chi connectivity index (χ2v) is 4.96. The summed E-state index contributed by atoms with van der Waals surface area (Å²) >= 11 is 0. The summed E-state index contributed by atoms with van der Waals surface area (Å²) in [6.45, 7) is 2.30. The van der Waals surface area contributed by atoms with Gasteiger partial charge >= 0.3 is 5.97 Å². The molecule has 1 aromatic carbocycles. The lowest BCUT2D eigenvalue weighted by Crippen LogP contribution is -2.19. The van der Waals surface area contributed by atoms with Gasteiger partial charge in [-0.1, -0.05) is 6.07 Å². The molecule has 3 aromatic rings. The molecule has 0 aliphatic heterocycles. The van der Waals surface area contributed by atoms with Gasteiger partial charge in [-0.3, -0.25) is 4.79 Å². The van der Waals surface area contributed by atoms with Crippen molar-refractivity contribution in [2.75, 3.05) is 0 Å². The van der Waals surface area contributed by atoms with Gasteiger partial charge in [0.2, 0.25) is 5.76 Å². The predicted octanol–water partition coefficient (Wildman–Crippen LogP) is 2.65. The molecule has 5 nitrogen and oxygen atoms in total. The lowest BCUT2D eigenvalue weighted by atomic mass is 10.1. The van der Waals surface area contributed by atoms with E-state index in [1.165, 1.54) is 6.07 Å². The van der Waals surface area contributed by atoms with Crippen LogP contribution in [-0.4, -0.2) is 15.6 Å². The lowest BCUT2D eigenvalue weighted by molar-refractivity contribution is 0.0665. The molecule has 0 fully saturated rings. The van der Waals surface area contributed by atoms with Crippen molar-refractivity contribution in [3.8, 4) is 0 Å². The number of carboxylic acid groups (broad SMARTS) is 1. The number of benzene rings is 1. The summed E-state index contributed by atoms with van der Waals surface area (Å²) in [7, 11) is 0. The van der Waals surface area contributed by atoms with Gasteiger partial charge in [0.1, 0.15) is 5.58 Å². The van der Waals surface area contributed by atoms with Crippen LogP contribution in [0.1, 0.15) is 21.7 Å². The Morgan fingerprint density at radius 2 is 2.05 bits per heavy atom. The maximum Gasteiger partial charge on any atom is 0.371 e. The minimum absolute atomic E-state index is 0.0616. The molecular weight excluding hydrogens is 270 g/mol. The van der Waals surface area contributed by atoms with Crippen molar-refractivity contribution in [1.29, 1.82) is 0 Å². The summed E-state index contributed by atoms with van der Waals surface area (Å²) in [6.07, 6.45) is 1.75. The highest BCUT2D eigenvalue weighted by Crippen LogP contribution is 2.21. The SMILES string of the molecule is Cc1ccn(Cc2ccc3oc(C(=O)O)cc3c2)c(=O)c1. The molecule has 0 amide bonds. The predicted molar refractivity (Wildman–Crippen MR) is 77.7 cm³/mol. The van der Waals surface area contributed by atoms with Crippen LogP contribution in [0.15, 0.2) is 51.8 Å². The first-order valence-electron chi connectivity index (χ1n) is 6.46. The number of carboxylic acids is 1. The lowest BCUT2D eigenvalue weighted by Gasteiger charge is -2.06. The molecule has 21 heavy (non-hydrogen) atoms. The van der Waals surface area contributed by atoms with E-state index >= 15 is 0 Å². The Kier molecular flexibility index (Phi) is 3.10. The van der Waals surface area contributed by atoms with Crippen molar-refractivity contribution in [3.05, 3.63) is 69.8 Å². The number of rotatable bonds is 3. The van der Waals surface area contributed by atoms with Gasteiger partial charge in [-0.15, -0.1) is 0 Å². The second-order valence-electron chi connectivity index (χ2n) is 4.96. The van der Waals surface area contributed by atoms with Crippen molar-refractivity contribution in [3.63, 3.8) is 0 Å². The van der Waals surface area contributed by atoms with Crippen molar-refractivity contribution in [2.45, 2.75) is 13.5 Å². The molecule has 0 radical (unpaired) electrons. The molecule has 106 valence electrons. The van der Waals surface area contributed by atoms with Gasteiger partial charge in [-0.25, -0.2) is 4.79 Å². The first-order valence-corrected chi connectivity index (χ1v) is 6.46. The molecule has 0 bridgehead atoms. The van der Waals surface area contributed by atoms with Crippen molar-refractivity contribution >= 4 is 16.9 Å². The van der Waals surface area contributed by atoms with E-state index in [9.17, 15) is 9.59 Å². The zero-order valence-electron chi connectivity index (χ0n) is 11.4. The topological polar surface area (TPSA) is 72.4 Å². The summed E-state index contributed by atoms with van der Waals surface area (Å²) in [5, 5.41) is 9.63. The maximum atomic E-state index is 11.9. The number of aromatic nitrogens is 1. The van der Waals surface area contributed by atoms with Crippen LogP contribution in [0.25, 0.3) is 11.0 Å². The van der Waals surface area contributed by atoms with Crippen LogP contribution in [0.4, 0.5) is 0 Å². The van der Waals surface area contributed by atoms with E-state index in [0.29, 0.717) is 17.5 Å². The zero-order valence-corrected chi connectivity index (χ0v) is 11.4. The summed E-state index contributed by atoms with van der Waals surface area (Å²) in [6, 6.07) is 10.3. The van der Waals surface area contributed by atoms with Gasteiger partial charge in [-0.2, -0.15) is 0 Å². The zero-order chi connectivity index (χ0) is 15.0. The minimum atomic E-state index is -1.09. The Labute approximate surface area is 120 Å². The van der Waals surface area contributed by atoms with Gasteiger partial charge in [0, 0.05) is 17.6 Å². The highest BCUT2D eigenvalue weighted by Gasteiger charge is 2.10. The van der Waals surface area contributed by atoms with Crippen LogP contribution >= 0.6 is 0 Å². The summed E-state index contributed by atoms with van der Waals surface area (Å²) in [5.41, 5.74) is 2.29. The maximum absolute atomic E-state index is 11.9. The molecule has 5 heteroatoms. The average Bonchev–Trinajstić information content (AvgIpc) is 2.85. The summed E-state index contributed by atoms with van der Waals surface area (Å²) < 4.78 is 6.81. The van der Waals surface area contributed by atoms with Crippen LogP contribution in [0, 0.1) is 6.92 Å². The second kappa shape index (κ2) is 4.94. The largest absolute Gasteiger partial charge is 0.475 e. The number of aromatic carboxylic acids is 1. The van der Waals surface area contributed by atoms with E-state index < -0.39 is 5.97 Å². The third kappa shape index (κ3) is 2.58. The molecule has 3 rings (SSSR count). The monoisotopic (exact) mass is 283 g/mol. The summed E-state index contributed by atoms with van der Waals surface area (Å²) in [5.74, 6) is -1.18. The minimum Gasteiger partial charge on any atom is -0.475 e. The molecule has 0 aliphatic rings. The van der Waals surface area contributed by atoms with Gasteiger partial charge in [-0.05, 0) is 42.3 Å². The molecule has 1 N–H and O–H groups in total. The Balaban J connectivity index is 1.97. The number of nitrogens with zero attached hydrogens (tertiary/aromatic N) is 1. The van der Waals surface area contributed by atoms with Crippen molar-refractivity contribution < 1.29 is 14.3 Å². The number of pyridine rings is 1. The van der Waals surface area contributed by atoms with Crippen LogP contribution in [0.2, 0.25) is 0 Å². The van der Waals surface area contributed by atoms with E-state index in [1.807, 2.05) is 25.1 Å². The molecule has 0 spiro atoms.